The summed E-state index contributed by atoms with van der Waals surface area (Å²) in [7, 11) is 0. The number of amides is 1. The first-order valence-electron chi connectivity index (χ1n) is 8.35. The van der Waals surface area contributed by atoms with Crippen molar-refractivity contribution in [1.82, 2.24) is 4.98 Å². The van der Waals surface area contributed by atoms with Crippen LogP contribution in [-0.4, -0.2) is 23.5 Å². The number of aromatic nitrogens is 1. The Bertz CT molecular complexity index is 868. The van der Waals surface area contributed by atoms with Gasteiger partial charge in [-0.2, -0.15) is 0 Å². The summed E-state index contributed by atoms with van der Waals surface area (Å²) < 4.78 is 5.10. The minimum atomic E-state index is -0.528. The van der Waals surface area contributed by atoms with Crippen LogP contribution in [0.15, 0.2) is 24.4 Å². The monoisotopic (exact) mass is 392 g/mol. The molecule has 1 N–H and O–H groups in total. The van der Waals surface area contributed by atoms with Gasteiger partial charge in [0.15, 0.2) is 12.4 Å². The minimum absolute atomic E-state index is 0.184. The number of halogens is 2. The first kappa shape index (κ1) is 18.7. The Hall–Kier alpha value is -2.11. The Balaban J connectivity index is 1.59. The number of carbonyl (C=O) groups excluding carboxylic acids is 2. The van der Waals surface area contributed by atoms with Gasteiger partial charge in [-0.05, 0) is 61.4 Å². The number of ether oxygens (including phenoxy) is 1. The van der Waals surface area contributed by atoms with E-state index in [4.69, 9.17) is 27.9 Å². The van der Waals surface area contributed by atoms with Gasteiger partial charge in [-0.15, -0.1) is 0 Å². The molecule has 0 atom stereocenters. The molecule has 1 aliphatic carbocycles. The van der Waals surface area contributed by atoms with Crippen LogP contribution >= 0.6 is 23.2 Å². The number of hydrogen-bond acceptors (Lipinski definition) is 4. The fraction of sp³-hybridized carbons (Fsp3) is 0.316. The number of nitrogens with zero attached hydrogens (tertiary/aromatic N) is 1. The molecule has 1 aromatic carbocycles. The van der Waals surface area contributed by atoms with Crippen molar-refractivity contribution in [3.8, 4) is 0 Å². The molecular formula is C19H18Cl2N2O3. The highest BCUT2D eigenvalue weighted by atomic mass is 35.5. The Morgan fingerprint density at radius 3 is 2.69 bits per heavy atom. The number of hydrogen-bond donors (Lipinski definition) is 1. The van der Waals surface area contributed by atoms with E-state index in [0.717, 1.165) is 19.3 Å². The molecule has 7 heteroatoms. The molecule has 1 amide bonds. The van der Waals surface area contributed by atoms with E-state index in [-0.39, 0.29) is 10.8 Å². The van der Waals surface area contributed by atoms with E-state index in [9.17, 15) is 9.59 Å². The van der Waals surface area contributed by atoms with Crippen molar-refractivity contribution in [2.75, 3.05) is 11.9 Å². The Labute approximate surface area is 161 Å². The zero-order chi connectivity index (χ0) is 18.7. The third-order valence-electron chi connectivity index (χ3n) is 4.38. The first-order valence-corrected chi connectivity index (χ1v) is 9.10. The maximum Gasteiger partial charge on any atom is 0.338 e. The van der Waals surface area contributed by atoms with Gasteiger partial charge in [0.2, 0.25) is 0 Å². The number of fused-ring (bicyclic) bond motifs is 1. The van der Waals surface area contributed by atoms with Gasteiger partial charge in [-0.25, -0.2) is 9.78 Å². The summed E-state index contributed by atoms with van der Waals surface area (Å²) in [5.74, 6) is -0.865. The number of anilines is 1. The lowest BCUT2D eigenvalue weighted by molar-refractivity contribution is -0.119. The van der Waals surface area contributed by atoms with E-state index in [2.05, 4.69) is 10.3 Å². The summed E-state index contributed by atoms with van der Waals surface area (Å²) in [6.07, 6.45) is 5.72. The summed E-state index contributed by atoms with van der Waals surface area (Å²) in [5.41, 5.74) is 3.54. The maximum absolute atomic E-state index is 12.2. The second kappa shape index (κ2) is 8.06. The van der Waals surface area contributed by atoms with Crippen LogP contribution < -0.4 is 5.32 Å². The van der Waals surface area contributed by atoms with Gasteiger partial charge in [-0.1, -0.05) is 29.3 Å². The lowest BCUT2D eigenvalue weighted by Crippen LogP contribution is -2.22. The SMILES string of the molecule is Cc1c(Cl)cnc(NC(=O)COC(=O)c2ccc3c(c2)CCCC3)c1Cl. The normalized spacial score (nSPS) is 13.0. The molecular weight excluding hydrogens is 375 g/mol. The van der Waals surface area contributed by atoms with Crippen molar-refractivity contribution >= 4 is 40.9 Å². The van der Waals surface area contributed by atoms with Crippen LogP contribution in [0.1, 0.15) is 39.9 Å². The highest BCUT2D eigenvalue weighted by Gasteiger charge is 2.16. The fourth-order valence-electron chi connectivity index (χ4n) is 2.89. The van der Waals surface area contributed by atoms with Gasteiger partial charge in [-0.3, -0.25) is 4.79 Å². The summed E-state index contributed by atoms with van der Waals surface area (Å²) >= 11 is 12.0. The number of rotatable bonds is 4. The topological polar surface area (TPSA) is 68.3 Å². The lowest BCUT2D eigenvalue weighted by atomic mass is 9.90. The molecule has 0 fully saturated rings. The second-order valence-corrected chi connectivity index (χ2v) is 6.99. The van der Waals surface area contributed by atoms with Crippen molar-refractivity contribution in [2.45, 2.75) is 32.6 Å². The van der Waals surface area contributed by atoms with Crippen LogP contribution in [0.4, 0.5) is 5.82 Å². The third kappa shape index (κ3) is 4.17. The van der Waals surface area contributed by atoms with Gasteiger partial charge >= 0.3 is 5.97 Å². The van der Waals surface area contributed by atoms with Crippen molar-refractivity contribution in [3.63, 3.8) is 0 Å². The molecule has 0 spiro atoms. The van der Waals surface area contributed by atoms with Crippen LogP contribution in [0.5, 0.6) is 0 Å². The Morgan fingerprint density at radius 1 is 1.19 bits per heavy atom. The van der Waals surface area contributed by atoms with Crippen molar-refractivity contribution in [1.29, 1.82) is 0 Å². The van der Waals surface area contributed by atoms with Crippen molar-refractivity contribution < 1.29 is 14.3 Å². The molecule has 0 bridgehead atoms. The van der Waals surface area contributed by atoms with Gasteiger partial charge in [0.1, 0.15) is 0 Å². The maximum atomic E-state index is 12.2. The van der Waals surface area contributed by atoms with Crippen molar-refractivity contribution in [2.24, 2.45) is 0 Å². The molecule has 5 nitrogen and oxygen atoms in total. The van der Waals surface area contributed by atoms with Gasteiger partial charge < -0.3 is 10.1 Å². The minimum Gasteiger partial charge on any atom is -0.452 e. The number of aryl methyl sites for hydroxylation is 2. The standard InChI is InChI=1S/C19H18Cl2N2O3/c1-11-15(20)9-22-18(17(11)21)23-16(24)10-26-19(25)14-7-6-12-4-2-3-5-13(12)8-14/h6-9H,2-5,10H2,1H3,(H,22,23,24). The Morgan fingerprint density at radius 2 is 1.92 bits per heavy atom. The molecule has 0 unspecified atom stereocenters. The smallest absolute Gasteiger partial charge is 0.338 e. The predicted octanol–water partition coefficient (Wildman–Crippen LogP) is 4.37. The molecule has 0 saturated carbocycles. The summed E-state index contributed by atoms with van der Waals surface area (Å²) in [4.78, 5) is 28.2. The number of esters is 1. The van der Waals surface area contributed by atoms with E-state index < -0.39 is 18.5 Å². The second-order valence-electron chi connectivity index (χ2n) is 6.21. The van der Waals surface area contributed by atoms with Crippen LogP contribution in [0.25, 0.3) is 0 Å². The van der Waals surface area contributed by atoms with Crippen LogP contribution in [0.3, 0.4) is 0 Å². The highest BCUT2D eigenvalue weighted by molar-refractivity contribution is 6.37. The number of benzene rings is 1. The van der Waals surface area contributed by atoms with Crippen LogP contribution in [0.2, 0.25) is 10.0 Å². The molecule has 2 aromatic rings. The number of nitrogens with one attached hydrogen (secondary N) is 1. The lowest BCUT2D eigenvalue weighted by Gasteiger charge is -2.16. The number of pyridine rings is 1. The molecule has 0 aliphatic heterocycles. The van der Waals surface area contributed by atoms with E-state index >= 15 is 0 Å². The molecule has 1 aromatic heterocycles. The van der Waals surface area contributed by atoms with E-state index in [0.29, 0.717) is 16.1 Å². The molecule has 0 radical (unpaired) electrons. The summed E-state index contributed by atoms with van der Waals surface area (Å²) in [6.45, 7) is 1.30. The average molecular weight is 393 g/mol. The van der Waals surface area contributed by atoms with Crippen molar-refractivity contribution in [3.05, 3.63) is 56.7 Å². The largest absolute Gasteiger partial charge is 0.452 e. The third-order valence-corrected chi connectivity index (χ3v) is 5.22. The van der Waals surface area contributed by atoms with E-state index in [1.54, 1.807) is 13.0 Å². The predicted molar refractivity (Wildman–Crippen MR) is 101 cm³/mol. The fourth-order valence-corrected chi connectivity index (χ4v) is 3.28. The first-order chi connectivity index (χ1) is 12.5. The van der Waals surface area contributed by atoms with Gasteiger partial charge in [0.25, 0.3) is 5.91 Å². The van der Waals surface area contributed by atoms with E-state index in [1.165, 1.54) is 23.7 Å². The average Bonchev–Trinajstić information content (AvgIpc) is 2.66. The Kier molecular flexibility index (Phi) is 5.79. The summed E-state index contributed by atoms with van der Waals surface area (Å²) in [5, 5.41) is 3.18. The molecule has 136 valence electrons. The quantitative estimate of drug-likeness (QED) is 0.784. The molecule has 26 heavy (non-hydrogen) atoms. The molecule has 3 rings (SSSR count). The highest BCUT2D eigenvalue weighted by Crippen LogP contribution is 2.28. The van der Waals surface area contributed by atoms with Crippen LogP contribution in [0, 0.1) is 6.92 Å². The van der Waals surface area contributed by atoms with Gasteiger partial charge in [0, 0.05) is 6.20 Å². The molecule has 0 saturated heterocycles. The summed E-state index contributed by atoms with van der Waals surface area (Å²) in [6, 6.07) is 5.56. The van der Waals surface area contributed by atoms with E-state index in [1.807, 2.05) is 12.1 Å². The van der Waals surface area contributed by atoms with Crippen LogP contribution in [-0.2, 0) is 22.4 Å². The van der Waals surface area contributed by atoms with Gasteiger partial charge in [0.05, 0.1) is 15.6 Å². The molecule has 1 heterocycles. The zero-order valence-corrected chi connectivity index (χ0v) is 15.8. The zero-order valence-electron chi connectivity index (χ0n) is 14.3. The molecule has 1 aliphatic rings. The number of carbonyl (C=O) groups is 2.